The van der Waals surface area contributed by atoms with Gasteiger partial charge in [-0.2, -0.15) is 0 Å². The first-order valence-corrected chi connectivity index (χ1v) is 18.3. The smallest absolute Gasteiger partial charge is 0.150 e. The Morgan fingerprint density at radius 3 is 1.91 bits per heavy atom. The number of benzene rings is 6. The standard InChI is InChI=1S/C47H37N7/c1-53-42-39-19-12-30-49-41(39)37-17-8-9-18-38(37)43(42)54(47(53)40-20-10-11-29-48-40)36-27-25-32(26-28-36)31-21-23-35(24-22-31)46-51-44(33-13-4-2-5-14-33)50-45(52-46)34-15-6-3-7-16-34/h2-30,44,46-47,51H,1H3,(H,50,52). The lowest BCUT2D eigenvalue weighted by Gasteiger charge is -2.32. The highest BCUT2D eigenvalue weighted by molar-refractivity contribution is 6.21. The summed E-state index contributed by atoms with van der Waals surface area (Å²) >= 11 is 0. The highest BCUT2D eigenvalue weighted by Crippen LogP contribution is 2.55. The molecule has 260 valence electrons. The zero-order chi connectivity index (χ0) is 36.0. The molecule has 2 aromatic heterocycles. The van der Waals surface area contributed by atoms with Crippen LogP contribution in [0, 0.1) is 0 Å². The fraction of sp³-hybridized carbons (Fsp3) is 0.0851. The largest absolute Gasteiger partial charge is 0.350 e. The molecule has 0 aliphatic carbocycles. The van der Waals surface area contributed by atoms with Crippen molar-refractivity contribution in [1.82, 2.24) is 20.6 Å². The molecule has 7 heteroatoms. The first-order valence-electron chi connectivity index (χ1n) is 18.3. The van der Waals surface area contributed by atoms with E-state index in [2.05, 4.69) is 167 Å². The molecule has 10 rings (SSSR count). The van der Waals surface area contributed by atoms with Gasteiger partial charge in [0.15, 0.2) is 0 Å². The molecule has 8 aromatic rings. The van der Waals surface area contributed by atoms with Crippen LogP contribution in [-0.4, -0.2) is 22.9 Å². The second-order valence-corrected chi connectivity index (χ2v) is 13.8. The Kier molecular flexibility index (Phi) is 7.85. The Bertz CT molecular complexity index is 2630. The van der Waals surface area contributed by atoms with Gasteiger partial charge >= 0.3 is 0 Å². The number of anilines is 3. The van der Waals surface area contributed by atoms with Crippen molar-refractivity contribution in [2.24, 2.45) is 4.99 Å². The number of hydrogen-bond acceptors (Lipinski definition) is 7. The van der Waals surface area contributed by atoms with Gasteiger partial charge in [0, 0.05) is 46.9 Å². The van der Waals surface area contributed by atoms with Gasteiger partial charge < -0.3 is 15.1 Å². The average molecular weight is 700 g/mol. The number of nitrogens with zero attached hydrogens (tertiary/aromatic N) is 5. The number of rotatable bonds is 6. The third kappa shape index (κ3) is 5.45. The van der Waals surface area contributed by atoms with E-state index in [0.717, 1.165) is 67.0 Å². The summed E-state index contributed by atoms with van der Waals surface area (Å²) in [6, 6.07) is 57.5. The third-order valence-corrected chi connectivity index (χ3v) is 10.6. The van der Waals surface area contributed by atoms with Crippen molar-refractivity contribution in [2.75, 3.05) is 16.8 Å². The zero-order valence-corrected chi connectivity index (χ0v) is 29.7. The van der Waals surface area contributed by atoms with E-state index in [0.29, 0.717) is 0 Å². The van der Waals surface area contributed by atoms with Gasteiger partial charge in [-0.05, 0) is 58.7 Å². The SMILES string of the molecule is CN1c2c(c3ccccc3c3ncccc23)N(c2ccc(-c3ccc(C4N=C(c5ccccc5)NC(c5ccccc5)N4)cc3)cc2)C1c1ccccn1. The van der Waals surface area contributed by atoms with Gasteiger partial charge in [-0.25, -0.2) is 4.99 Å². The minimum atomic E-state index is -0.208. The Balaban J connectivity index is 1.01. The van der Waals surface area contributed by atoms with E-state index in [9.17, 15) is 0 Å². The van der Waals surface area contributed by atoms with Crippen LogP contribution < -0.4 is 20.4 Å². The van der Waals surface area contributed by atoms with Crippen LogP contribution in [-0.2, 0) is 0 Å². The molecule has 2 aliphatic heterocycles. The van der Waals surface area contributed by atoms with E-state index in [1.807, 2.05) is 36.7 Å². The van der Waals surface area contributed by atoms with Crippen LogP contribution in [0.3, 0.4) is 0 Å². The maximum absolute atomic E-state index is 5.13. The van der Waals surface area contributed by atoms with E-state index in [1.165, 1.54) is 11.1 Å². The van der Waals surface area contributed by atoms with Crippen LogP contribution >= 0.6 is 0 Å². The molecule has 4 heterocycles. The van der Waals surface area contributed by atoms with Crippen molar-refractivity contribution in [3.63, 3.8) is 0 Å². The summed E-state index contributed by atoms with van der Waals surface area (Å²) in [6.45, 7) is 0. The maximum Gasteiger partial charge on any atom is 0.150 e. The first kappa shape index (κ1) is 31.9. The van der Waals surface area contributed by atoms with E-state index in [-0.39, 0.29) is 18.5 Å². The van der Waals surface area contributed by atoms with Gasteiger partial charge in [-0.15, -0.1) is 0 Å². The van der Waals surface area contributed by atoms with E-state index in [4.69, 9.17) is 15.0 Å². The minimum Gasteiger partial charge on any atom is -0.350 e. The highest BCUT2D eigenvalue weighted by Gasteiger charge is 2.39. The molecule has 0 saturated heterocycles. The second-order valence-electron chi connectivity index (χ2n) is 13.8. The number of hydrogen-bond donors (Lipinski definition) is 2. The molecular formula is C47H37N7. The lowest BCUT2D eigenvalue weighted by Crippen LogP contribution is -2.44. The number of aliphatic imine (C=N–C) groups is 1. The van der Waals surface area contributed by atoms with Crippen LogP contribution in [0.1, 0.15) is 40.9 Å². The monoisotopic (exact) mass is 699 g/mol. The number of aromatic nitrogens is 2. The lowest BCUT2D eigenvalue weighted by molar-refractivity contribution is 0.409. The van der Waals surface area contributed by atoms with Crippen LogP contribution in [0.15, 0.2) is 181 Å². The Morgan fingerprint density at radius 1 is 0.519 bits per heavy atom. The highest BCUT2D eigenvalue weighted by atomic mass is 15.4. The molecular weight excluding hydrogens is 663 g/mol. The van der Waals surface area contributed by atoms with Crippen molar-refractivity contribution in [2.45, 2.75) is 18.5 Å². The van der Waals surface area contributed by atoms with Crippen molar-refractivity contribution in [3.8, 4) is 11.1 Å². The Labute approximate surface area is 314 Å². The number of nitrogens with one attached hydrogen (secondary N) is 2. The molecule has 0 spiro atoms. The number of amidine groups is 1. The molecule has 2 N–H and O–H groups in total. The zero-order valence-electron chi connectivity index (χ0n) is 29.7. The van der Waals surface area contributed by atoms with E-state index in [1.54, 1.807) is 0 Å². The molecule has 0 fully saturated rings. The van der Waals surface area contributed by atoms with Crippen LogP contribution in [0.4, 0.5) is 17.1 Å². The fourth-order valence-electron chi connectivity index (χ4n) is 8.07. The second kappa shape index (κ2) is 13.3. The summed E-state index contributed by atoms with van der Waals surface area (Å²) in [6.07, 6.45) is 3.34. The summed E-state index contributed by atoms with van der Waals surface area (Å²) in [4.78, 5) is 19.6. The van der Waals surface area contributed by atoms with E-state index < -0.39 is 0 Å². The molecule has 3 unspecified atom stereocenters. The van der Waals surface area contributed by atoms with E-state index >= 15 is 0 Å². The number of pyridine rings is 2. The van der Waals surface area contributed by atoms with Crippen LogP contribution in [0.2, 0.25) is 0 Å². The number of fused-ring (bicyclic) bond motifs is 6. The predicted octanol–water partition coefficient (Wildman–Crippen LogP) is 10.1. The quantitative estimate of drug-likeness (QED) is 0.169. The van der Waals surface area contributed by atoms with Gasteiger partial charge in [0.25, 0.3) is 0 Å². The van der Waals surface area contributed by atoms with Crippen molar-refractivity contribution < 1.29 is 0 Å². The minimum absolute atomic E-state index is 0.0767. The van der Waals surface area contributed by atoms with Gasteiger partial charge in [0.1, 0.15) is 24.3 Å². The predicted molar refractivity (Wildman–Crippen MR) is 220 cm³/mol. The Hall–Kier alpha value is -6.83. The van der Waals surface area contributed by atoms with Crippen molar-refractivity contribution >= 4 is 44.6 Å². The fourth-order valence-corrected chi connectivity index (χ4v) is 8.07. The topological polar surface area (TPSA) is 68.7 Å². The maximum atomic E-state index is 5.13. The van der Waals surface area contributed by atoms with Gasteiger partial charge in [-0.1, -0.05) is 127 Å². The summed E-state index contributed by atoms with van der Waals surface area (Å²) in [5, 5.41) is 10.8. The summed E-state index contributed by atoms with van der Waals surface area (Å²) in [5.41, 5.74) is 11.0. The van der Waals surface area contributed by atoms with Gasteiger partial charge in [-0.3, -0.25) is 15.3 Å². The molecule has 3 atom stereocenters. The molecule has 7 nitrogen and oxygen atoms in total. The summed E-state index contributed by atoms with van der Waals surface area (Å²) < 4.78 is 0. The summed E-state index contributed by atoms with van der Waals surface area (Å²) in [5.74, 6) is 0.878. The molecule has 6 aromatic carbocycles. The van der Waals surface area contributed by atoms with Crippen LogP contribution in [0.5, 0.6) is 0 Å². The first-order chi connectivity index (χ1) is 26.7. The molecule has 2 aliphatic rings. The third-order valence-electron chi connectivity index (χ3n) is 10.6. The lowest BCUT2D eigenvalue weighted by atomic mass is 10.00. The Morgan fingerprint density at radius 2 is 1.17 bits per heavy atom. The van der Waals surface area contributed by atoms with Crippen molar-refractivity contribution in [3.05, 3.63) is 199 Å². The van der Waals surface area contributed by atoms with Gasteiger partial charge in [0.2, 0.25) is 0 Å². The summed E-state index contributed by atoms with van der Waals surface area (Å²) in [7, 11) is 2.17. The molecule has 0 amide bonds. The van der Waals surface area contributed by atoms with Gasteiger partial charge in [0.05, 0.1) is 22.6 Å². The molecule has 0 saturated carbocycles. The van der Waals surface area contributed by atoms with Crippen LogP contribution in [0.25, 0.3) is 32.8 Å². The molecule has 54 heavy (non-hydrogen) atoms. The molecule has 0 bridgehead atoms. The van der Waals surface area contributed by atoms with Crippen molar-refractivity contribution in [1.29, 1.82) is 0 Å². The average Bonchev–Trinajstić information content (AvgIpc) is 3.57. The molecule has 0 radical (unpaired) electrons. The normalized spacial score (nSPS) is 18.0.